The number of nitrogens with zero attached hydrogens (tertiary/aromatic N) is 3. The summed E-state index contributed by atoms with van der Waals surface area (Å²) in [7, 11) is 0. The van der Waals surface area contributed by atoms with Gasteiger partial charge in [-0.15, -0.1) is 0 Å². The number of benzene rings is 2. The standard InChI is InChI=1S/C26H24FN5O/c1-16-5-2-9-22-19(16)14-23(32(22)15-17-6-3-7-18(27)13-17)26(33)30-21-10-12-31-24-20(29-25(21)31)8-4-11-28-24/h2-3,5-7,9-10,13-14,28H,4,8,11-12,15H2,1H3,(H,30,33). The molecular formula is C26H24FN5O. The molecule has 0 spiro atoms. The molecular weight excluding hydrogens is 417 g/mol. The Hall–Kier alpha value is -3.87. The number of aromatic nitrogens is 3. The van der Waals surface area contributed by atoms with Crippen LogP contribution in [0.3, 0.4) is 0 Å². The lowest BCUT2D eigenvalue weighted by Crippen LogP contribution is -2.25. The first kappa shape index (κ1) is 19.8. The second-order valence-corrected chi connectivity index (χ2v) is 8.70. The van der Waals surface area contributed by atoms with Crippen molar-refractivity contribution in [3.63, 3.8) is 0 Å². The highest BCUT2D eigenvalue weighted by atomic mass is 19.1. The number of halogens is 1. The molecule has 0 aliphatic carbocycles. The van der Waals surface area contributed by atoms with Gasteiger partial charge in [0.2, 0.25) is 0 Å². The Bertz CT molecular complexity index is 1440. The Balaban J connectivity index is 1.36. The van der Waals surface area contributed by atoms with E-state index in [1.54, 1.807) is 6.07 Å². The van der Waals surface area contributed by atoms with Crippen LogP contribution >= 0.6 is 0 Å². The summed E-state index contributed by atoms with van der Waals surface area (Å²) in [5.74, 6) is 1.38. The number of aryl methyl sites for hydroxylation is 2. The highest BCUT2D eigenvalue weighted by Crippen LogP contribution is 2.31. The van der Waals surface area contributed by atoms with Gasteiger partial charge in [-0.05, 0) is 61.2 Å². The number of anilines is 1. The number of hydrogen-bond donors (Lipinski definition) is 2. The summed E-state index contributed by atoms with van der Waals surface area (Å²) in [5, 5.41) is 7.54. The van der Waals surface area contributed by atoms with Gasteiger partial charge in [0.1, 0.15) is 17.3 Å². The highest BCUT2D eigenvalue weighted by molar-refractivity contribution is 6.03. The van der Waals surface area contributed by atoms with Crippen molar-refractivity contribution in [3.8, 4) is 0 Å². The summed E-state index contributed by atoms with van der Waals surface area (Å²) in [4.78, 5) is 18.3. The van der Waals surface area contributed by atoms with E-state index in [2.05, 4.69) is 15.2 Å². The van der Waals surface area contributed by atoms with Gasteiger partial charge in [0, 0.05) is 30.5 Å². The smallest absolute Gasteiger partial charge is 0.272 e. The molecule has 0 atom stereocenters. The number of carbonyl (C=O) groups is 1. The van der Waals surface area contributed by atoms with Crippen LogP contribution in [-0.2, 0) is 19.5 Å². The Morgan fingerprint density at radius 2 is 2.09 bits per heavy atom. The van der Waals surface area contributed by atoms with Crippen molar-refractivity contribution in [3.05, 3.63) is 88.8 Å². The first-order valence-electron chi connectivity index (χ1n) is 11.3. The predicted molar refractivity (Wildman–Crippen MR) is 127 cm³/mol. The molecule has 4 aromatic rings. The van der Waals surface area contributed by atoms with E-state index in [1.807, 2.05) is 47.9 Å². The number of allylic oxidation sites excluding steroid dienone is 1. The third kappa shape index (κ3) is 3.31. The third-order valence-electron chi connectivity index (χ3n) is 6.52. The molecule has 0 bridgehead atoms. The summed E-state index contributed by atoms with van der Waals surface area (Å²) in [6.07, 6.45) is 4.01. The lowest BCUT2D eigenvalue weighted by Gasteiger charge is -2.14. The summed E-state index contributed by atoms with van der Waals surface area (Å²) in [5.41, 5.74) is 5.18. The number of amides is 1. The summed E-state index contributed by atoms with van der Waals surface area (Å²) >= 11 is 0. The second-order valence-electron chi connectivity index (χ2n) is 8.70. The van der Waals surface area contributed by atoms with Gasteiger partial charge in [0.15, 0.2) is 5.82 Å². The molecule has 2 N–H and O–H groups in total. The number of carbonyl (C=O) groups excluding carboxylic acids is 1. The van der Waals surface area contributed by atoms with E-state index in [0.29, 0.717) is 18.8 Å². The fraction of sp³-hybridized carbons (Fsp3) is 0.231. The lowest BCUT2D eigenvalue weighted by atomic mass is 10.1. The fourth-order valence-electron chi connectivity index (χ4n) is 4.90. The fourth-order valence-corrected chi connectivity index (χ4v) is 4.90. The summed E-state index contributed by atoms with van der Waals surface area (Å²) < 4.78 is 17.9. The van der Waals surface area contributed by atoms with Crippen molar-refractivity contribution in [2.24, 2.45) is 0 Å². The zero-order chi connectivity index (χ0) is 22.5. The molecule has 166 valence electrons. The van der Waals surface area contributed by atoms with E-state index in [1.165, 1.54) is 12.1 Å². The number of imidazole rings is 1. The molecule has 0 fully saturated rings. The van der Waals surface area contributed by atoms with Gasteiger partial charge in [-0.1, -0.05) is 24.3 Å². The normalized spacial score (nSPS) is 14.5. The van der Waals surface area contributed by atoms with Crippen molar-refractivity contribution < 1.29 is 9.18 Å². The van der Waals surface area contributed by atoms with Gasteiger partial charge in [0.05, 0.1) is 11.4 Å². The van der Waals surface area contributed by atoms with Gasteiger partial charge in [-0.25, -0.2) is 9.37 Å². The quantitative estimate of drug-likeness (QED) is 0.491. The Labute approximate surface area is 190 Å². The minimum Gasteiger partial charge on any atom is -0.370 e. The van der Waals surface area contributed by atoms with E-state index < -0.39 is 0 Å². The molecule has 0 saturated carbocycles. The van der Waals surface area contributed by atoms with Crippen LogP contribution < -0.4 is 10.6 Å². The first-order valence-corrected chi connectivity index (χ1v) is 11.3. The molecule has 33 heavy (non-hydrogen) atoms. The topological polar surface area (TPSA) is 63.9 Å². The van der Waals surface area contributed by atoms with Crippen LogP contribution in [0.25, 0.3) is 16.6 Å². The van der Waals surface area contributed by atoms with Gasteiger partial charge in [0.25, 0.3) is 5.91 Å². The molecule has 7 heteroatoms. The van der Waals surface area contributed by atoms with Crippen LogP contribution in [0.4, 0.5) is 10.2 Å². The van der Waals surface area contributed by atoms with Crippen LogP contribution in [0.5, 0.6) is 0 Å². The van der Waals surface area contributed by atoms with Crippen molar-refractivity contribution >= 4 is 28.3 Å². The number of hydrogen-bond acceptors (Lipinski definition) is 3. The van der Waals surface area contributed by atoms with Crippen molar-refractivity contribution in [1.29, 1.82) is 0 Å². The van der Waals surface area contributed by atoms with Crippen molar-refractivity contribution in [2.45, 2.75) is 32.9 Å². The lowest BCUT2D eigenvalue weighted by molar-refractivity contribution is 0.0965. The molecule has 0 saturated heterocycles. The number of nitrogens with one attached hydrogen (secondary N) is 2. The maximum Gasteiger partial charge on any atom is 0.272 e. The number of fused-ring (bicyclic) bond motifs is 4. The molecule has 2 aliphatic heterocycles. The van der Waals surface area contributed by atoms with Crippen molar-refractivity contribution in [2.75, 3.05) is 11.9 Å². The molecule has 2 aromatic carbocycles. The largest absolute Gasteiger partial charge is 0.370 e. The third-order valence-corrected chi connectivity index (χ3v) is 6.52. The molecule has 6 rings (SSSR count). The molecule has 0 radical (unpaired) electrons. The van der Waals surface area contributed by atoms with Crippen LogP contribution in [0, 0.1) is 12.7 Å². The van der Waals surface area contributed by atoms with E-state index in [0.717, 1.165) is 64.4 Å². The predicted octanol–water partition coefficient (Wildman–Crippen LogP) is 4.48. The maximum absolute atomic E-state index is 13.8. The van der Waals surface area contributed by atoms with Gasteiger partial charge in [-0.2, -0.15) is 0 Å². The zero-order valence-electron chi connectivity index (χ0n) is 18.4. The van der Waals surface area contributed by atoms with Gasteiger partial charge >= 0.3 is 0 Å². The Kier molecular flexibility index (Phi) is 4.57. The van der Waals surface area contributed by atoms with Gasteiger partial charge < -0.3 is 19.8 Å². The molecule has 2 aromatic heterocycles. The van der Waals surface area contributed by atoms with Crippen molar-refractivity contribution in [1.82, 2.24) is 19.4 Å². The molecule has 4 heterocycles. The Morgan fingerprint density at radius 3 is 2.97 bits per heavy atom. The van der Waals surface area contributed by atoms with Crippen LogP contribution in [0.1, 0.15) is 39.6 Å². The van der Waals surface area contributed by atoms with E-state index in [4.69, 9.17) is 4.98 Å². The average Bonchev–Trinajstić information content (AvgIpc) is 3.48. The Morgan fingerprint density at radius 1 is 1.21 bits per heavy atom. The van der Waals surface area contributed by atoms with Crippen LogP contribution in [-0.4, -0.2) is 26.6 Å². The SMILES string of the molecule is Cc1cccc2c1cc(C(=O)NC1=CCn3c1nc1c3NCCC1)n2Cc1cccc(F)c1. The van der Waals surface area contributed by atoms with E-state index >= 15 is 0 Å². The van der Waals surface area contributed by atoms with E-state index in [9.17, 15) is 9.18 Å². The summed E-state index contributed by atoms with van der Waals surface area (Å²) in [6.45, 7) is 4.06. The van der Waals surface area contributed by atoms with Gasteiger partial charge in [-0.3, -0.25) is 4.79 Å². The van der Waals surface area contributed by atoms with Crippen LogP contribution in [0.15, 0.2) is 54.6 Å². The monoisotopic (exact) mass is 441 g/mol. The molecule has 2 aliphatic rings. The zero-order valence-corrected chi connectivity index (χ0v) is 18.4. The maximum atomic E-state index is 13.8. The number of rotatable bonds is 4. The average molecular weight is 442 g/mol. The molecule has 0 unspecified atom stereocenters. The first-order chi connectivity index (χ1) is 16.1. The van der Waals surface area contributed by atoms with E-state index in [-0.39, 0.29) is 11.7 Å². The summed E-state index contributed by atoms with van der Waals surface area (Å²) in [6, 6.07) is 14.4. The minimum absolute atomic E-state index is 0.198. The molecule has 1 amide bonds. The second kappa shape index (κ2) is 7.62. The van der Waals surface area contributed by atoms with Crippen LogP contribution in [0.2, 0.25) is 0 Å². The minimum atomic E-state index is -0.285. The highest BCUT2D eigenvalue weighted by Gasteiger charge is 2.27. The molecule has 6 nitrogen and oxygen atoms in total.